The van der Waals surface area contributed by atoms with Crippen molar-refractivity contribution in [3.05, 3.63) is 59.1 Å². The molecule has 2 rings (SSSR count). The van der Waals surface area contributed by atoms with Gasteiger partial charge in [-0.1, -0.05) is 35.9 Å². The molecule has 0 bridgehead atoms. The summed E-state index contributed by atoms with van der Waals surface area (Å²) in [5, 5.41) is 0.391. The van der Waals surface area contributed by atoms with Crippen molar-refractivity contribution in [2.24, 2.45) is 0 Å². The maximum atomic E-state index is 12.1. The first-order valence-corrected chi connectivity index (χ1v) is 7.19. The molecule has 0 heterocycles. The van der Waals surface area contributed by atoms with E-state index in [4.69, 9.17) is 11.6 Å². The molecule has 0 aliphatic rings. The van der Waals surface area contributed by atoms with Gasteiger partial charge in [-0.15, -0.1) is 0 Å². The molecule has 2 aromatic carbocycles. The maximum Gasteiger partial charge on any atom is 0.261 e. The summed E-state index contributed by atoms with van der Waals surface area (Å²) in [4.78, 5) is 0.151. The van der Waals surface area contributed by atoms with Crippen molar-refractivity contribution in [2.45, 2.75) is 11.8 Å². The molecule has 0 radical (unpaired) electrons. The van der Waals surface area contributed by atoms with Crippen LogP contribution in [0.15, 0.2) is 53.4 Å². The fourth-order valence-corrected chi connectivity index (χ4v) is 2.96. The highest BCUT2D eigenvalue weighted by Crippen LogP contribution is 2.21. The molecule has 0 aliphatic carbocycles. The lowest BCUT2D eigenvalue weighted by Gasteiger charge is -2.10. The lowest BCUT2D eigenvalue weighted by atomic mass is 10.2. The van der Waals surface area contributed by atoms with E-state index in [0.29, 0.717) is 10.7 Å². The van der Waals surface area contributed by atoms with Gasteiger partial charge in [-0.2, -0.15) is 0 Å². The molecule has 94 valence electrons. The summed E-state index contributed by atoms with van der Waals surface area (Å²) in [7, 11) is -3.59. The van der Waals surface area contributed by atoms with Gasteiger partial charge < -0.3 is 0 Å². The van der Waals surface area contributed by atoms with E-state index in [-0.39, 0.29) is 4.90 Å². The Bertz CT molecular complexity index is 668. The van der Waals surface area contributed by atoms with Gasteiger partial charge in [0.1, 0.15) is 0 Å². The largest absolute Gasteiger partial charge is 0.279 e. The Labute approximate surface area is 111 Å². The molecule has 2 aromatic rings. The van der Waals surface area contributed by atoms with Crippen LogP contribution in [0.1, 0.15) is 5.56 Å². The average molecular weight is 282 g/mol. The number of nitrogens with one attached hydrogen (secondary N) is 1. The summed E-state index contributed by atoms with van der Waals surface area (Å²) >= 11 is 5.79. The predicted octanol–water partition coefficient (Wildman–Crippen LogP) is 3.45. The molecule has 0 amide bonds. The van der Waals surface area contributed by atoms with E-state index in [1.165, 1.54) is 12.1 Å². The SMILES string of the molecule is Cc1ccccc1NS(=O)(=O)c1cccc(Cl)c1. The van der Waals surface area contributed by atoms with Crippen molar-refractivity contribution in [1.82, 2.24) is 0 Å². The van der Waals surface area contributed by atoms with Gasteiger partial charge >= 0.3 is 0 Å². The van der Waals surface area contributed by atoms with Gasteiger partial charge in [0.25, 0.3) is 10.0 Å². The molecule has 0 saturated carbocycles. The highest BCUT2D eigenvalue weighted by Gasteiger charge is 2.15. The average Bonchev–Trinajstić information content (AvgIpc) is 2.32. The zero-order chi connectivity index (χ0) is 13.2. The maximum absolute atomic E-state index is 12.1. The Balaban J connectivity index is 2.37. The summed E-state index contributed by atoms with van der Waals surface area (Å²) in [5.74, 6) is 0. The van der Waals surface area contributed by atoms with Crippen molar-refractivity contribution < 1.29 is 8.42 Å². The first-order chi connectivity index (χ1) is 8.49. The molecule has 0 spiro atoms. The first kappa shape index (κ1) is 12.9. The second kappa shape index (κ2) is 5.00. The van der Waals surface area contributed by atoms with Gasteiger partial charge in [0.15, 0.2) is 0 Å². The Morgan fingerprint density at radius 2 is 1.78 bits per heavy atom. The van der Waals surface area contributed by atoms with Crippen LogP contribution in [0.4, 0.5) is 5.69 Å². The minimum absolute atomic E-state index is 0.151. The zero-order valence-electron chi connectivity index (χ0n) is 9.72. The highest BCUT2D eigenvalue weighted by atomic mass is 35.5. The number of rotatable bonds is 3. The standard InChI is InChI=1S/C13H12ClNO2S/c1-10-5-2-3-8-13(10)15-18(16,17)12-7-4-6-11(14)9-12/h2-9,15H,1H3. The predicted molar refractivity (Wildman–Crippen MR) is 73.4 cm³/mol. The Morgan fingerprint density at radius 3 is 2.44 bits per heavy atom. The third-order valence-electron chi connectivity index (χ3n) is 2.50. The molecule has 0 fully saturated rings. The van der Waals surface area contributed by atoms with Crippen LogP contribution in [0.3, 0.4) is 0 Å². The van der Waals surface area contributed by atoms with Crippen LogP contribution in [-0.2, 0) is 10.0 Å². The van der Waals surface area contributed by atoms with Gasteiger partial charge in [0.05, 0.1) is 10.6 Å². The molecule has 1 N–H and O–H groups in total. The molecular weight excluding hydrogens is 270 g/mol. The molecule has 0 aliphatic heterocycles. The van der Waals surface area contributed by atoms with Crippen LogP contribution in [0.2, 0.25) is 5.02 Å². The Morgan fingerprint density at radius 1 is 1.06 bits per heavy atom. The number of anilines is 1. The summed E-state index contributed by atoms with van der Waals surface area (Å²) < 4.78 is 26.8. The molecule has 5 heteroatoms. The van der Waals surface area contributed by atoms with E-state index in [9.17, 15) is 8.42 Å². The van der Waals surface area contributed by atoms with Gasteiger partial charge in [-0.05, 0) is 36.8 Å². The second-order valence-corrected chi connectivity index (χ2v) is 6.00. The quantitative estimate of drug-likeness (QED) is 0.937. The van der Waals surface area contributed by atoms with E-state index >= 15 is 0 Å². The van der Waals surface area contributed by atoms with E-state index < -0.39 is 10.0 Å². The molecule has 3 nitrogen and oxygen atoms in total. The highest BCUT2D eigenvalue weighted by molar-refractivity contribution is 7.92. The fraction of sp³-hybridized carbons (Fsp3) is 0.0769. The van der Waals surface area contributed by atoms with Crippen LogP contribution >= 0.6 is 11.6 Å². The summed E-state index contributed by atoms with van der Waals surface area (Å²) in [5.41, 5.74) is 1.43. The number of benzene rings is 2. The molecule has 0 atom stereocenters. The summed E-state index contributed by atoms with van der Waals surface area (Å²) in [6, 6.07) is 13.4. The van der Waals surface area contributed by atoms with Crippen LogP contribution in [-0.4, -0.2) is 8.42 Å². The van der Waals surface area contributed by atoms with E-state index in [0.717, 1.165) is 5.56 Å². The molecule has 0 unspecified atom stereocenters. The normalized spacial score (nSPS) is 11.2. The minimum Gasteiger partial charge on any atom is -0.279 e. The molecule has 18 heavy (non-hydrogen) atoms. The fourth-order valence-electron chi connectivity index (χ4n) is 1.53. The number of halogens is 1. The third kappa shape index (κ3) is 2.83. The first-order valence-electron chi connectivity index (χ1n) is 5.33. The monoisotopic (exact) mass is 281 g/mol. The van der Waals surface area contributed by atoms with Crippen LogP contribution in [0, 0.1) is 6.92 Å². The van der Waals surface area contributed by atoms with Crippen molar-refractivity contribution in [3.8, 4) is 0 Å². The zero-order valence-corrected chi connectivity index (χ0v) is 11.3. The van der Waals surface area contributed by atoms with Crippen LogP contribution < -0.4 is 4.72 Å². The van der Waals surface area contributed by atoms with E-state index in [2.05, 4.69) is 4.72 Å². The smallest absolute Gasteiger partial charge is 0.261 e. The van der Waals surface area contributed by atoms with Crippen LogP contribution in [0.25, 0.3) is 0 Å². The Hall–Kier alpha value is -1.52. The number of hydrogen-bond acceptors (Lipinski definition) is 2. The number of aryl methyl sites for hydroxylation is 1. The number of hydrogen-bond donors (Lipinski definition) is 1. The van der Waals surface area contributed by atoms with Gasteiger partial charge in [0.2, 0.25) is 0 Å². The van der Waals surface area contributed by atoms with Crippen molar-refractivity contribution in [2.75, 3.05) is 4.72 Å². The van der Waals surface area contributed by atoms with E-state index in [1.807, 2.05) is 19.1 Å². The lowest BCUT2D eigenvalue weighted by Crippen LogP contribution is -2.13. The van der Waals surface area contributed by atoms with Gasteiger partial charge in [0, 0.05) is 5.02 Å². The summed E-state index contributed by atoms with van der Waals surface area (Å²) in [6.07, 6.45) is 0. The van der Waals surface area contributed by atoms with Crippen molar-refractivity contribution >= 4 is 27.3 Å². The molecule has 0 aromatic heterocycles. The lowest BCUT2D eigenvalue weighted by molar-refractivity contribution is 0.601. The summed E-state index contributed by atoms with van der Waals surface area (Å²) in [6.45, 7) is 1.84. The molecule has 0 saturated heterocycles. The minimum atomic E-state index is -3.59. The van der Waals surface area contributed by atoms with Crippen LogP contribution in [0.5, 0.6) is 0 Å². The van der Waals surface area contributed by atoms with Crippen molar-refractivity contribution in [3.63, 3.8) is 0 Å². The van der Waals surface area contributed by atoms with E-state index in [1.54, 1.807) is 24.3 Å². The van der Waals surface area contributed by atoms with Crippen molar-refractivity contribution in [1.29, 1.82) is 0 Å². The third-order valence-corrected chi connectivity index (χ3v) is 4.09. The number of sulfonamides is 1. The second-order valence-electron chi connectivity index (χ2n) is 3.88. The number of para-hydroxylation sites is 1. The van der Waals surface area contributed by atoms with Gasteiger partial charge in [-0.3, -0.25) is 4.72 Å². The topological polar surface area (TPSA) is 46.2 Å². The Kier molecular flexibility index (Phi) is 3.59. The molecular formula is C13H12ClNO2S. The van der Waals surface area contributed by atoms with Gasteiger partial charge in [-0.25, -0.2) is 8.42 Å².